The van der Waals surface area contributed by atoms with E-state index in [1.807, 2.05) is 4.68 Å². The Morgan fingerprint density at radius 1 is 1.33 bits per heavy atom. The van der Waals surface area contributed by atoms with Crippen LogP contribution in [0.3, 0.4) is 0 Å². The summed E-state index contributed by atoms with van der Waals surface area (Å²) in [5.74, 6) is -0.0168. The molecule has 5 nitrogen and oxygen atoms in total. The highest BCUT2D eigenvalue weighted by Gasteiger charge is 2.26. The molecule has 0 bridgehead atoms. The summed E-state index contributed by atoms with van der Waals surface area (Å²) in [5.41, 5.74) is 2.99. The number of hydrogen-bond donors (Lipinski definition) is 2. The minimum atomic E-state index is -0.0168. The Hall–Kier alpha value is -1.36. The van der Waals surface area contributed by atoms with Crippen LogP contribution in [-0.2, 0) is 19.5 Å². The molecule has 2 N–H and O–H groups in total. The Balaban J connectivity index is 2.09. The lowest BCUT2D eigenvalue weighted by atomic mass is 10.1. The summed E-state index contributed by atoms with van der Waals surface area (Å²) >= 11 is 0. The van der Waals surface area contributed by atoms with Crippen molar-refractivity contribution < 1.29 is 4.79 Å². The minimum Gasteiger partial charge on any atom is -0.350 e. The quantitative estimate of drug-likeness (QED) is 0.610. The van der Waals surface area contributed by atoms with Crippen LogP contribution in [0.25, 0.3) is 0 Å². The van der Waals surface area contributed by atoms with Crippen LogP contribution in [0.15, 0.2) is 0 Å². The maximum absolute atomic E-state index is 11.6. The number of nitrogens with one attached hydrogen (secondary N) is 2. The Morgan fingerprint density at radius 2 is 2.27 bits per heavy atom. The Bertz CT molecular complexity index is 410. The third-order valence-electron chi connectivity index (χ3n) is 3.06. The summed E-state index contributed by atoms with van der Waals surface area (Å²) in [6.45, 7) is 3.53. The fraction of sp³-hybridized carbons (Fsp3) is 0.600. The summed E-state index contributed by atoms with van der Waals surface area (Å²) in [7, 11) is 0. The Labute approximate surface area is 87.8 Å². The number of aryl methyl sites for hydroxylation is 1. The topological polar surface area (TPSA) is 59.0 Å². The molecule has 0 atom stereocenters. The number of hydrogen-bond acceptors (Lipinski definition) is 3. The van der Waals surface area contributed by atoms with Gasteiger partial charge in [0.1, 0.15) is 0 Å². The van der Waals surface area contributed by atoms with E-state index in [9.17, 15) is 4.79 Å². The summed E-state index contributed by atoms with van der Waals surface area (Å²) in [6, 6.07) is 0. The molecule has 15 heavy (non-hydrogen) atoms. The highest BCUT2D eigenvalue weighted by atomic mass is 16.2. The predicted octanol–water partition coefficient (Wildman–Crippen LogP) is -0.338. The normalized spacial score (nSPS) is 20.1. The fourth-order valence-corrected chi connectivity index (χ4v) is 2.31. The smallest absolute Gasteiger partial charge is 0.272 e. The molecule has 80 valence electrons. The molecular formula is C10H14N4O. The van der Waals surface area contributed by atoms with Gasteiger partial charge in [-0.05, 0) is 19.4 Å². The van der Waals surface area contributed by atoms with Gasteiger partial charge in [-0.1, -0.05) is 0 Å². The third kappa shape index (κ3) is 1.34. The van der Waals surface area contributed by atoms with Crippen LogP contribution in [0.2, 0.25) is 0 Å². The van der Waals surface area contributed by atoms with Crippen LogP contribution >= 0.6 is 0 Å². The van der Waals surface area contributed by atoms with Crippen LogP contribution in [-0.4, -0.2) is 28.8 Å². The maximum Gasteiger partial charge on any atom is 0.272 e. The fourth-order valence-electron chi connectivity index (χ4n) is 2.31. The number of nitrogens with zero attached hydrogens (tertiary/aromatic N) is 2. The van der Waals surface area contributed by atoms with Crippen molar-refractivity contribution in [3.05, 3.63) is 17.0 Å². The number of aromatic nitrogens is 2. The summed E-state index contributed by atoms with van der Waals surface area (Å²) in [4.78, 5) is 11.6. The van der Waals surface area contributed by atoms with Crippen LogP contribution < -0.4 is 10.6 Å². The molecule has 0 aliphatic carbocycles. The van der Waals surface area contributed by atoms with E-state index in [2.05, 4.69) is 15.7 Å². The lowest BCUT2D eigenvalue weighted by Crippen LogP contribution is -2.32. The zero-order valence-electron chi connectivity index (χ0n) is 8.55. The summed E-state index contributed by atoms with van der Waals surface area (Å²) < 4.78 is 2.00. The van der Waals surface area contributed by atoms with Crippen molar-refractivity contribution in [2.45, 2.75) is 25.9 Å². The number of carbonyl (C=O) groups excluding carboxylic acids is 1. The first-order valence-electron chi connectivity index (χ1n) is 5.44. The van der Waals surface area contributed by atoms with E-state index in [0.717, 1.165) is 44.6 Å². The van der Waals surface area contributed by atoms with E-state index in [4.69, 9.17) is 0 Å². The van der Waals surface area contributed by atoms with Crippen LogP contribution in [0, 0.1) is 0 Å². The lowest BCUT2D eigenvalue weighted by molar-refractivity contribution is 0.0940. The van der Waals surface area contributed by atoms with E-state index in [1.165, 1.54) is 5.69 Å². The van der Waals surface area contributed by atoms with Gasteiger partial charge in [0, 0.05) is 25.2 Å². The highest BCUT2D eigenvalue weighted by molar-refractivity contribution is 5.95. The summed E-state index contributed by atoms with van der Waals surface area (Å²) in [6.07, 6.45) is 1.99. The van der Waals surface area contributed by atoms with Gasteiger partial charge in [0.05, 0.1) is 5.69 Å². The molecule has 3 rings (SSSR count). The summed E-state index contributed by atoms with van der Waals surface area (Å²) in [5, 5.41) is 10.6. The van der Waals surface area contributed by atoms with Gasteiger partial charge >= 0.3 is 0 Å². The van der Waals surface area contributed by atoms with Crippen molar-refractivity contribution in [3.8, 4) is 0 Å². The SMILES string of the molecule is O=C1NCCc2c1nn1c2CNCCC1. The number of fused-ring (bicyclic) bond motifs is 3. The molecule has 1 amide bonds. The second kappa shape index (κ2) is 3.34. The maximum atomic E-state index is 11.6. The van der Waals surface area contributed by atoms with E-state index in [1.54, 1.807) is 0 Å². The molecule has 1 aromatic heterocycles. The standard InChI is InChI=1S/C10H14N4O/c15-10-9-7(2-4-12-10)8-6-11-3-1-5-14(8)13-9/h11H,1-6H2,(H,12,15). The molecule has 5 heteroatoms. The first-order chi connectivity index (χ1) is 7.36. The highest BCUT2D eigenvalue weighted by Crippen LogP contribution is 2.19. The molecule has 0 unspecified atom stereocenters. The van der Waals surface area contributed by atoms with E-state index in [0.29, 0.717) is 5.69 Å². The van der Waals surface area contributed by atoms with Crippen molar-refractivity contribution >= 4 is 5.91 Å². The van der Waals surface area contributed by atoms with Gasteiger partial charge in [-0.3, -0.25) is 9.48 Å². The third-order valence-corrected chi connectivity index (χ3v) is 3.06. The zero-order chi connectivity index (χ0) is 10.3. The minimum absolute atomic E-state index is 0.0168. The average molecular weight is 206 g/mol. The Kier molecular flexibility index (Phi) is 1.98. The monoisotopic (exact) mass is 206 g/mol. The lowest BCUT2D eigenvalue weighted by Gasteiger charge is -2.12. The molecule has 2 aliphatic heterocycles. The Morgan fingerprint density at radius 3 is 3.20 bits per heavy atom. The van der Waals surface area contributed by atoms with Gasteiger partial charge in [-0.15, -0.1) is 0 Å². The second-order valence-electron chi connectivity index (χ2n) is 4.03. The van der Waals surface area contributed by atoms with Gasteiger partial charge in [-0.2, -0.15) is 5.10 Å². The van der Waals surface area contributed by atoms with E-state index < -0.39 is 0 Å². The molecule has 0 spiro atoms. The van der Waals surface area contributed by atoms with Gasteiger partial charge < -0.3 is 10.6 Å². The van der Waals surface area contributed by atoms with Crippen LogP contribution in [0.1, 0.15) is 28.2 Å². The molecule has 0 saturated carbocycles. The first-order valence-corrected chi connectivity index (χ1v) is 5.44. The van der Waals surface area contributed by atoms with Crippen molar-refractivity contribution in [1.29, 1.82) is 0 Å². The largest absolute Gasteiger partial charge is 0.350 e. The van der Waals surface area contributed by atoms with E-state index in [-0.39, 0.29) is 5.91 Å². The second-order valence-corrected chi connectivity index (χ2v) is 4.03. The molecule has 0 aromatic carbocycles. The molecule has 0 radical (unpaired) electrons. The molecule has 2 aliphatic rings. The molecule has 3 heterocycles. The predicted molar refractivity (Wildman–Crippen MR) is 54.6 cm³/mol. The van der Waals surface area contributed by atoms with Gasteiger partial charge in [-0.25, -0.2) is 0 Å². The van der Waals surface area contributed by atoms with E-state index >= 15 is 0 Å². The zero-order valence-corrected chi connectivity index (χ0v) is 8.55. The molecule has 0 fully saturated rings. The molecular weight excluding hydrogens is 192 g/mol. The van der Waals surface area contributed by atoms with Crippen LogP contribution in [0.4, 0.5) is 0 Å². The number of rotatable bonds is 0. The van der Waals surface area contributed by atoms with Gasteiger partial charge in [0.2, 0.25) is 0 Å². The van der Waals surface area contributed by atoms with Crippen molar-refractivity contribution in [2.75, 3.05) is 13.1 Å². The average Bonchev–Trinajstić information content (AvgIpc) is 2.45. The number of amides is 1. The number of carbonyl (C=O) groups is 1. The molecule has 0 saturated heterocycles. The van der Waals surface area contributed by atoms with Crippen molar-refractivity contribution in [3.63, 3.8) is 0 Å². The van der Waals surface area contributed by atoms with Crippen LogP contribution in [0.5, 0.6) is 0 Å². The van der Waals surface area contributed by atoms with Crippen molar-refractivity contribution in [2.24, 2.45) is 0 Å². The molecule has 1 aromatic rings. The first kappa shape index (κ1) is 8.91. The van der Waals surface area contributed by atoms with Gasteiger partial charge in [0.25, 0.3) is 5.91 Å². The van der Waals surface area contributed by atoms with Crippen molar-refractivity contribution in [1.82, 2.24) is 20.4 Å². The van der Waals surface area contributed by atoms with Gasteiger partial charge in [0.15, 0.2) is 5.69 Å².